The summed E-state index contributed by atoms with van der Waals surface area (Å²) < 4.78 is 48.1. The first-order valence-corrected chi connectivity index (χ1v) is 12.0. The number of amides is 1. The minimum absolute atomic E-state index is 0.0240. The molecule has 1 amide bonds. The molecule has 1 aliphatic rings. The van der Waals surface area contributed by atoms with Gasteiger partial charge in [0.15, 0.2) is 0 Å². The Morgan fingerprint density at radius 2 is 1.82 bits per heavy atom. The number of nitrogens with one attached hydrogen (secondary N) is 1. The van der Waals surface area contributed by atoms with E-state index in [0.29, 0.717) is 12.0 Å². The number of ether oxygens (including phenoxy) is 1. The highest BCUT2D eigenvalue weighted by Gasteiger charge is 2.50. The van der Waals surface area contributed by atoms with Crippen molar-refractivity contribution in [2.75, 3.05) is 5.32 Å². The number of benzene rings is 1. The molecule has 11 heteroatoms. The van der Waals surface area contributed by atoms with Crippen molar-refractivity contribution in [3.05, 3.63) is 77.5 Å². The molecule has 38 heavy (non-hydrogen) atoms. The van der Waals surface area contributed by atoms with Crippen LogP contribution in [0.15, 0.2) is 48.8 Å². The van der Waals surface area contributed by atoms with Crippen LogP contribution in [0.1, 0.15) is 55.1 Å². The second-order valence-corrected chi connectivity index (χ2v) is 9.21. The zero-order valence-corrected chi connectivity index (χ0v) is 20.6. The summed E-state index contributed by atoms with van der Waals surface area (Å²) in [7, 11) is 0. The Morgan fingerprint density at radius 3 is 2.47 bits per heavy atom. The van der Waals surface area contributed by atoms with Crippen LogP contribution < -0.4 is 5.32 Å². The van der Waals surface area contributed by atoms with E-state index in [2.05, 4.69) is 15.3 Å². The number of aliphatic hydroxyl groups excluding tert-OH is 1. The fourth-order valence-corrected chi connectivity index (χ4v) is 4.66. The zero-order valence-electron chi connectivity index (χ0n) is 20.6. The second kappa shape index (κ2) is 10.9. The van der Waals surface area contributed by atoms with E-state index in [0.717, 1.165) is 30.3 Å². The van der Waals surface area contributed by atoms with Crippen LogP contribution in [0, 0.1) is 23.4 Å². The van der Waals surface area contributed by atoms with Gasteiger partial charge in [0.2, 0.25) is 5.79 Å². The number of carbonyl (C=O) groups is 2. The summed E-state index contributed by atoms with van der Waals surface area (Å²) in [6.07, 6.45) is 1.85. The van der Waals surface area contributed by atoms with E-state index < -0.39 is 58.4 Å². The van der Waals surface area contributed by atoms with E-state index in [-0.39, 0.29) is 30.1 Å². The van der Waals surface area contributed by atoms with Crippen LogP contribution >= 0.6 is 0 Å². The number of aromatic nitrogens is 2. The number of nitrogens with zero attached hydrogens (tertiary/aromatic N) is 2. The van der Waals surface area contributed by atoms with Gasteiger partial charge in [-0.25, -0.2) is 18.2 Å². The number of carbonyl (C=O) groups excluding carboxylic acids is 2. The number of halogens is 3. The number of esters is 1. The molecule has 0 unspecified atom stereocenters. The van der Waals surface area contributed by atoms with E-state index in [1.807, 2.05) is 0 Å². The standard InChI is InChI=1S/C27H26F3N3O5/c1-3-23(35)38-27(37)14(2)11-15(12-22(27)34)16-9-10-31-13-21(16)33-26(36)20-8-7-19(30)25(32-20)24-17(28)5-4-6-18(24)29/h4-10,13-15,22,34,37H,3,11-12H2,1-2H3,(H,33,36)/t14-,15+,22+,27-/m1/s1. The minimum atomic E-state index is -2.05. The molecule has 2 aromatic heterocycles. The van der Waals surface area contributed by atoms with E-state index >= 15 is 0 Å². The van der Waals surface area contributed by atoms with Crippen molar-refractivity contribution >= 4 is 17.6 Å². The smallest absolute Gasteiger partial charge is 0.308 e. The third-order valence-corrected chi connectivity index (χ3v) is 6.72. The lowest BCUT2D eigenvalue weighted by molar-refractivity contribution is -0.282. The van der Waals surface area contributed by atoms with Gasteiger partial charge in [0, 0.05) is 18.5 Å². The lowest BCUT2D eigenvalue weighted by Gasteiger charge is -2.44. The molecule has 200 valence electrons. The Bertz CT molecular complexity index is 1340. The number of hydrogen-bond acceptors (Lipinski definition) is 7. The van der Waals surface area contributed by atoms with E-state index in [1.165, 1.54) is 12.4 Å². The molecular weight excluding hydrogens is 503 g/mol. The van der Waals surface area contributed by atoms with Gasteiger partial charge >= 0.3 is 5.97 Å². The van der Waals surface area contributed by atoms with Crippen molar-refractivity contribution in [1.29, 1.82) is 0 Å². The fourth-order valence-electron chi connectivity index (χ4n) is 4.66. The van der Waals surface area contributed by atoms with Crippen molar-refractivity contribution in [3.8, 4) is 11.3 Å². The maximum atomic E-state index is 14.4. The molecule has 0 radical (unpaired) electrons. The predicted octanol–water partition coefficient (Wildman–Crippen LogP) is 4.33. The van der Waals surface area contributed by atoms with Gasteiger partial charge in [0.05, 0.1) is 17.4 Å². The first-order valence-electron chi connectivity index (χ1n) is 12.0. The second-order valence-electron chi connectivity index (χ2n) is 9.21. The normalized spacial score (nSPS) is 23.1. The Hall–Kier alpha value is -3.83. The highest BCUT2D eigenvalue weighted by molar-refractivity contribution is 6.03. The zero-order chi connectivity index (χ0) is 27.6. The molecule has 0 saturated heterocycles. The molecule has 1 aliphatic carbocycles. The lowest BCUT2D eigenvalue weighted by Crippen LogP contribution is -2.55. The van der Waals surface area contributed by atoms with Crippen LogP contribution in [0.2, 0.25) is 0 Å². The third-order valence-electron chi connectivity index (χ3n) is 6.72. The molecule has 8 nitrogen and oxygen atoms in total. The molecular formula is C27H26F3N3O5. The molecule has 3 aromatic rings. The lowest BCUT2D eigenvalue weighted by atomic mass is 9.73. The van der Waals surface area contributed by atoms with E-state index in [9.17, 15) is 33.0 Å². The molecule has 1 aromatic carbocycles. The first kappa shape index (κ1) is 27.2. The average molecular weight is 530 g/mol. The Labute approximate surface area is 216 Å². The Balaban J connectivity index is 1.59. The van der Waals surface area contributed by atoms with Crippen LogP contribution in [-0.2, 0) is 9.53 Å². The molecule has 0 aliphatic heterocycles. The van der Waals surface area contributed by atoms with Gasteiger partial charge in [-0.1, -0.05) is 19.9 Å². The first-order chi connectivity index (χ1) is 18.0. The van der Waals surface area contributed by atoms with Crippen LogP contribution in [-0.4, -0.2) is 43.9 Å². The van der Waals surface area contributed by atoms with Crippen LogP contribution in [0.25, 0.3) is 11.3 Å². The topological polar surface area (TPSA) is 122 Å². The molecule has 3 N–H and O–H groups in total. The van der Waals surface area contributed by atoms with Gasteiger partial charge in [-0.3, -0.25) is 14.6 Å². The molecule has 2 heterocycles. The third kappa shape index (κ3) is 5.25. The monoisotopic (exact) mass is 529 g/mol. The molecule has 0 bridgehead atoms. The molecule has 4 atom stereocenters. The largest absolute Gasteiger partial charge is 0.430 e. The highest BCUT2D eigenvalue weighted by atomic mass is 19.1. The summed E-state index contributed by atoms with van der Waals surface area (Å²) in [6.45, 7) is 3.22. The van der Waals surface area contributed by atoms with Crippen molar-refractivity contribution in [2.24, 2.45) is 5.92 Å². The number of pyridine rings is 2. The van der Waals surface area contributed by atoms with E-state index in [4.69, 9.17) is 4.74 Å². The number of rotatable bonds is 6. The molecule has 1 fully saturated rings. The number of aliphatic hydroxyl groups is 2. The summed E-state index contributed by atoms with van der Waals surface area (Å²) in [5.41, 5.74) is -0.780. The Morgan fingerprint density at radius 1 is 1.11 bits per heavy atom. The minimum Gasteiger partial charge on any atom is -0.430 e. The van der Waals surface area contributed by atoms with Gasteiger partial charge in [-0.15, -0.1) is 0 Å². The fraction of sp³-hybridized carbons (Fsp3) is 0.333. The van der Waals surface area contributed by atoms with Crippen molar-refractivity contribution in [2.45, 2.75) is 50.9 Å². The Kier molecular flexibility index (Phi) is 7.79. The average Bonchev–Trinajstić information content (AvgIpc) is 2.88. The van der Waals surface area contributed by atoms with Crippen molar-refractivity contribution in [1.82, 2.24) is 9.97 Å². The molecule has 0 spiro atoms. The number of anilines is 1. The summed E-state index contributed by atoms with van der Waals surface area (Å²) in [6, 6.07) is 6.66. The van der Waals surface area contributed by atoms with Gasteiger partial charge in [0.1, 0.15) is 34.9 Å². The summed E-state index contributed by atoms with van der Waals surface area (Å²) in [4.78, 5) is 32.7. The SMILES string of the molecule is CCC(=O)O[C@]1(O)[C@H](C)C[C@H](c2ccncc2NC(=O)c2ccc(F)c(-c3c(F)cccc3F)n2)C[C@@H]1O. The number of hydrogen-bond donors (Lipinski definition) is 3. The molecule has 4 rings (SSSR count). The maximum absolute atomic E-state index is 14.4. The van der Waals surface area contributed by atoms with Gasteiger partial charge in [-0.2, -0.15) is 0 Å². The van der Waals surface area contributed by atoms with Crippen LogP contribution in [0.5, 0.6) is 0 Å². The van der Waals surface area contributed by atoms with Gasteiger partial charge in [0.25, 0.3) is 5.91 Å². The van der Waals surface area contributed by atoms with Gasteiger partial charge < -0.3 is 20.3 Å². The summed E-state index contributed by atoms with van der Waals surface area (Å²) in [5, 5.41) is 24.2. The highest BCUT2D eigenvalue weighted by Crippen LogP contribution is 2.44. The predicted molar refractivity (Wildman–Crippen MR) is 130 cm³/mol. The summed E-state index contributed by atoms with van der Waals surface area (Å²) in [5.74, 6) is -7.53. The van der Waals surface area contributed by atoms with Gasteiger partial charge in [-0.05, 0) is 54.7 Å². The quantitative estimate of drug-likeness (QED) is 0.321. The van der Waals surface area contributed by atoms with Crippen LogP contribution in [0.3, 0.4) is 0 Å². The molecule has 1 saturated carbocycles. The van der Waals surface area contributed by atoms with Crippen molar-refractivity contribution < 1.29 is 37.7 Å². The summed E-state index contributed by atoms with van der Waals surface area (Å²) >= 11 is 0. The van der Waals surface area contributed by atoms with Crippen LogP contribution in [0.4, 0.5) is 18.9 Å². The van der Waals surface area contributed by atoms with E-state index in [1.54, 1.807) is 19.9 Å². The maximum Gasteiger partial charge on any atom is 0.308 e. The van der Waals surface area contributed by atoms with Crippen molar-refractivity contribution in [3.63, 3.8) is 0 Å².